The fraction of sp³-hybridized carbons (Fsp3) is 0.222. The minimum atomic E-state index is -0.253. The van der Waals surface area contributed by atoms with E-state index in [2.05, 4.69) is 10.3 Å². The summed E-state index contributed by atoms with van der Waals surface area (Å²) >= 11 is 0. The van der Waals surface area contributed by atoms with E-state index >= 15 is 0 Å². The number of nitrogens with one attached hydrogen (secondary N) is 1. The van der Waals surface area contributed by atoms with Crippen LogP contribution in [0.3, 0.4) is 0 Å². The second kappa shape index (κ2) is 6.60. The highest BCUT2D eigenvalue weighted by atomic mass is 19.1. The molecule has 23 heavy (non-hydrogen) atoms. The number of oxazole rings is 1. The molecule has 1 aromatic heterocycles. The number of aromatic nitrogens is 1. The summed E-state index contributed by atoms with van der Waals surface area (Å²) < 4.78 is 18.2. The summed E-state index contributed by atoms with van der Waals surface area (Å²) in [6, 6.07) is 11.9. The first-order valence-electron chi connectivity index (χ1n) is 7.47. The summed E-state index contributed by atoms with van der Waals surface area (Å²) in [6.07, 6.45) is 0.971. The maximum absolute atomic E-state index is 12.8. The Balaban J connectivity index is 1.52. The van der Waals surface area contributed by atoms with E-state index < -0.39 is 0 Å². The zero-order valence-corrected chi connectivity index (χ0v) is 12.8. The van der Waals surface area contributed by atoms with Crippen LogP contribution in [0.1, 0.15) is 17.0 Å². The number of halogens is 1. The lowest BCUT2D eigenvalue weighted by Crippen LogP contribution is -2.27. The Hall–Kier alpha value is -2.69. The van der Waals surface area contributed by atoms with Gasteiger partial charge in [-0.25, -0.2) is 9.37 Å². The van der Waals surface area contributed by atoms with Gasteiger partial charge >= 0.3 is 0 Å². The molecule has 1 amide bonds. The number of rotatable bonds is 5. The fourth-order valence-electron chi connectivity index (χ4n) is 2.44. The lowest BCUT2D eigenvalue weighted by molar-refractivity contribution is -0.120. The first kappa shape index (κ1) is 15.2. The second-order valence-corrected chi connectivity index (χ2v) is 5.44. The van der Waals surface area contributed by atoms with Crippen LogP contribution in [0.2, 0.25) is 0 Å². The summed E-state index contributed by atoms with van der Waals surface area (Å²) in [4.78, 5) is 16.2. The molecule has 1 N–H and O–H groups in total. The summed E-state index contributed by atoms with van der Waals surface area (Å²) in [5.41, 5.74) is 3.37. The van der Waals surface area contributed by atoms with Gasteiger partial charge in [-0.05, 0) is 41.8 Å². The van der Waals surface area contributed by atoms with Crippen molar-refractivity contribution in [2.75, 3.05) is 6.54 Å². The minimum absolute atomic E-state index is 0.0494. The molecule has 0 unspecified atom stereocenters. The quantitative estimate of drug-likeness (QED) is 0.787. The molecule has 0 fully saturated rings. The minimum Gasteiger partial charge on any atom is -0.441 e. The highest BCUT2D eigenvalue weighted by molar-refractivity contribution is 5.81. The number of aryl methyl sites for hydroxylation is 1. The standard InChI is InChI=1S/C18H17FN2O2/c1-12-21-16-10-14(4-7-17(16)23-12)11-18(22)20-9-8-13-2-5-15(19)6-3-13/h2-7,10H,8-9,11H2,1H3,(H,20,22). The Bertz CT molecular complexity index is 825. The number of benzene rings is 2. The van der Waals surface area contributed by atoms with Gasteiger partial charge < -0.3 is 9.73 Å². The van der Waals surface area contributed by atoms with Gasteiger partial charge in [-0.1, -0.05) is 18.2 Å². The van der Waals surface area contributed by atoms with Crippen molar-refractivity contribution < 1.29 is 13.6 Å². The van der Waals surface area contributed by atoms with Crippen LogP contribution >= 0.6 is 0 Å². The highest BCUT2D eigenvalue weighted by Gasteiger charge is 2.07. The Labute approximate surface area is 133 Å². The SMILES string of the molecule is Cc1nc2cc(CC(=O)NCCc3ccc(F)cc3)ccc2o1. The number of amides is 1. The largest absolute Gasteiger partial charge is 0.441 e. The molecule has 2 aromatic carbocycles. The average molecular weight is 312 g/mol. The Kier molecular flexibility index (Phi) is 4.37. The molecule has 0 aliphatic carbocycles. The molecule has 0 aliphatic rings. The van der Waals surface area contributed by atoms with Crippen LogP contribution in [0.15, 0.2) is 46.9 Å². The lowest BCUT2D eigenvalue weighted by atomic mass is 10.1. The molecule has 3 rings (SSSR count). The first-order chi connectivity index (χ1) is 11.1. The van der Waals surface area contributed by atoms with E-state index in [1.807, 2.05) is 18.2 Å². The third-order valence-corrected chi connectivity index (χ3v) is 3.57. The van der Waals surface area contributed by atoms with Crippen molar-refractivity contribution in [3.05, 3.63) is 65.3 Å². The normalized spacial score (nSPS) is 10.9. The van der Waals surface area contributed by atoms with Crippen LogP contribution in [0.25, 0.3) is 11.1 Å². The third kappa shape index (κ3) is 3.94. The zero-order chi connectivity index (χ0) is 16.2. The Morgan fingerprint density at radius 2 is 1.91 bits per heavy atom. The van der Waals surface area contributed by atoms with Gasteiger partial charge in [0.15, 0.2) is 11.5 Å². The van der Waals surface area contributed by atoms with E-state index in [0.717, 1.165) is 22.2 Å². The molecule has 0 saturated heterocycles. The van der Waals surface area contributed by atoms with Gasteiger partial charge in [-0.2, -0.15) is 0 Å². The van der Waals surface area contributed by atoms with E-state index in [-0.39, 0.29) is 11.7 Å². The maximum atomic E-state index is 12.8. The molecule has 3 aromatic rings. The molecule has 4 nitrogen and oxygen atoms in total. The van der Waals surface area contributed by atoms with Crippen LogP contribution < -0.4 is 5.32 Å². The van der Waals surface area contributed by atoms with E-state index in [1.165, 1.54) is 12.1 Å². The zero-order valence-electron chi connectivity index (χ0n) is 12.8. The van der Waals surface area contributed by atoms with Crippen LogP contribution in [-0.4, -0.2) is 17.4 Å². The summed E-state index contributed by atoms with van der Waals surface area (Å²) in [6.45, 7) is 2.32. The number of carbonyl (C=O) groups is 1. The molecular weight excluding hydrogens is 295 g/mol. The third-order valence-electron chi connectivity index (χ3n) is 3.57. The van der Waals surface area contributed by atoms with Crippen LogP contribution in [0.5, 0.6) is 0 Å². The van der Waals surface area contributed by atoms with Gasteiger partial charge in [0.05, 0.1) is 6.42 Å². The van der Waals surface area contributed by atoms with Crippen LogP contribution in [0.4, 0.5) is 4.39 Å². The van der Waals surface area contributed by atoms with Crippen molar-refractivity contribution in [2.24, 2.45) is 0 Å². The van der Waals surface area contributed by atoms with Crippen molar-refractivity contribution in [3.63, 3.8) is 0 Å². The highest BCUT2D eigenvalue weighted by Crippen LogP contribution is 2.17. The van der Waals surface area contributed by atoms with Gasteiger partial charge in [-0.15, -0.1) is 0 Å². The molecule has 0 spiro atoms. The van der Waals surface area contributed by atoms with Gasteiger partial charge in [0.1, 0.15) is 11.3 Å². The Morgan fingerprint density at radius 1 is 1.17 bits per heavy atom. The molecule has 0 radical (unpaired) electrons. The van der Waals surface area contributed by atoms with Crippen LogP contribution in [-0.2, 0) is 17.6 Å². The predicted molar refractivity (Wildman–Crippen MR) is 85.6 cm³/mol. The number of nitrogens with zero attached hydrogens (tertiary/aromatic N) is 1. The van der Waals surface area contributed by atoms with Crippen molar-refractivity contribution >= 4 is 17.0 Å². The molecule has 1 heterocycles. The summed E-state index contributed by atoms with van der Waals surface area (Å²) in [7, 11) is 0. The molecule has 0 atom stereocenters. The number of carbonyl (C=O) groups excluding carboxylic acids is 1. The topological polar surface area (TPSA) is 55.1 Å². The monoisotopic (exact) mass is 312 g/mol. The van der Waals surface area contributed by atoms with Crippen molar-refractivity contribution in [3.8, 4) is 0 Å². The molecule has 0 saturated carbocycles. The van der Waals surface area contributed by atoms with E-state index in [0.29, 0.717) is 25.3 Å². The van der Waals surface area contributed by atoms with Gasteiger partial charge in [0.2, 0.25) is 5.91 Å². The summed E-state index contributed by atoms with van der Waals surface area (Å²) in [5, 5.41) is 2.87. The molecular formula is C18H17FN2O2. The smallest absolute Gasteiger partial charge is 0.224 e. The predicted octanol–water partition coefficient (Wildman–Crippen LogP) is 3.18. The van der Waals surface area contributed by atoms with Crippen molar-refractivity contribution in [1.82, 2.24) is 10.3 Å². The first-order valence-corrected chi connectivity index (χ1v) is 7.47. The summed E-state index contributed by atoms with van der Waals surface area (Å²) in [5.74, 6) is 0.309. The second-order valence-electron chi connectivity index (χ2n) is 5.44. The average Bonchev–Trinajstić information content (AvgIpc) is 2.88. The van der Waals surface area contributed by atoms with Crippen LogP contribution in [0, 0.1) is 12.7 Å². The van der Waals surface area contributed by atoms with Gasteiger partial charge in [0, 0.05) is 13.5 Å². The van der Waals surface area contributed by atoms with E-state index in [4.69, 9.17) is 4.42 Å². The molecule has 0 bridgehead atoms. The van der Waals surface area contributed by atoms with Crippen molar-refractivity contribution in [2.45, 2.75) is 19.8 Å². The number of fused-ring (bicyclic) bond motifs is 1. The lowest BCUT2D eigenvalue weighted by Gasteiger charge is -2.05. The van der Waals surface area contributed by atoms with Gasteiger partial charge in [0.25, 0.3) is 0 Å². The Morgan fingerprint density at radius 3 is 2.70 bits per heavy atom. The molecule has 118 valence electrons. The van der Waals surface area contributed by atoms with E-state index in [1.54, 1.807) is 19.1 Å². The maximum Gasteiger partial charge on any atom is 0.224 e. The molecule has 5 heteroatoms. The fourth-order valence-corrected chi connectivity index (χ4v) is 2.44. The van der Waals surface area contributed by atoms with Gasteiger partial charge in [-0.3, -0.25) is 4.79 Å². The number of hydrogen-bond acceptors (Lipinski definition) is 3. The van der Waals surface area contributed by atoms with E-state index in [9.17, 15) is 9.18 Å². The number of hydrogen-bond donors (Lipinski definition) is 1. The molecule has 0 aliphatic heterocycles. The van der Waals surface area contributed by atoms with Crippen molar-refractivity contribution in [1.29, 1.82) is 0 Å².